The number of aromatic carboxylic acids is 1. The Hall–Kier alpha value is -2.69. The zero-order chi connectivity index (χ0) is 14.8. The number of fused-ring (bicyclic) bond motifs is 1. The molecule has 1 aromatic heterocycles. The van der Waals surface area contributed by atoms with Crippen molar-refractivity contribution in [2.45, 2.75) is 19.4 Å². The zero-order valence-corrected chi connectivity index (χ0v) is 11.6. The zero-order valence-electron chi connectivity index (χ0n) is 11.6. The molecule has 0 fully saturated rings. The highest BCUT2D eigenvalue weighted by Crippen LogP contribution is 2.26. The Morgan fingerprint density at radius 3 is 2.62 bits per heavy atom. The molecule has 106 valence electrons. The van der Waals surface area contributed by atoms with Crippen molar-refractivity contribution in [1.82, 2.24) is 15.0 Å². The van der Waals surface area contributed by atoms with Crippen LogP contribution in [-0.2, 0) is 0 Å². The molecule has 3 aromatic rings. The van der Waals surface area contributed by atoms with E-state index in [0.717, 1.165) is 17.5 Å². The fourth-order valence-electron chi connectivity index (χ4n) is 2.59. The lowest BCUT2D eigenvalue weighted by Crippen LogP contribution is -2.11. The maximum Gasteiger partial charge on any atom is 0.338 e. The minimum Gasteiger partial charge on any atom is -0.478 e. The third-order valence-electron chi connectivity index (χ3n) is 3.60. The molecule has 0 radical (unpaired) electrons. The van der Waals surface area contributed by atoms with Gasteiger partial charge in [-0.1, -0.05) is 48.5 Å². The average Bonchev–Trinajstić information content (AvgIpc) is 2.93. The number of carboxylic acids is 1. The lowest BCUT2D eigenvalue weighted by molar-refractivity contribution is 0.0699. The maximum absolute atomic E-state index is 11.3. The topological polar surface area (TPSA) is 68.0 Å². The van der Waals surface area contributed by atoms with Crippen molar-refractivity contribution in [1.29, 1.82) is 0 Å². The van der Waals surface area contributed by atoms with E-state index in [9.17, 15) is 9.90 Å². The minimum atomic E-state index is -0.986. The molecule has 0 bridgehead atoms. The first-order chi connectivity index (χ1) is 10.2. The second kappa shape index (κ2) is 5.36. The van der Waals surface area contributed by atoms with Crippen molar-refractivity contribution in [3.8, 4) is 0 Å². The standard InChI is InChI=1S/C16H15N3O2/c1-2-13(11-7-4-3-5-8-11)19-14-10-6-9-12(16(20)21)15(14)17-18-19/h3-10,13H,2H2,1H3,(H,20,21). The lowest BCUT2D eigenvalue weighted by Gasteiger charge is -2.16. The monoisotopic (exact) mass is 281 g/mol. The average molecular weight is 281 g/mol. The van der Waals surface area contributed by atoms with Crippen molar-refractivity contribution in [2.24, 2.45) is 0 Å². The molecule has 1 unspecified atom stereocenters. The second-order valence-electron chi connectivity index (χ2n) is 4.85. The van der Waals surface area contributed by atoms with Crippen LogP contribution in [0.1, 0.15) is 35.3 Å². The Morgan fingerprint density at radius 1 is 1.19 bits per heavy atom. The quantitative estimate of drug-likeness (QED) is 0.797. The number of hydrogen-bond acceptors (Lipinski definition) is 3. The van der Waals surface area contributed by atoms with Gasteiger partial charge in [-0.25, -0.2) is 9.48 Å². The molecular weight excluding hydrogens is 266 g/mol. The van der Waals surface area contributed by atoms with Crippen LogP contribution in [0.4, 0.5) is 0 Å². The summed E-state index contributed by atoms with van der Waals surface area (Å²) >= 11 is 0. The first-order valence-corrected chi connectivity index (χ1v) is 6.84. The summed E-state index contributed by atoms with van der Waals surface area (Å²) in [7, 11) is 0. The van der Waals surface area contributed by atoms with Gasteiger partial charge in [-0.15, -0.1) is 5.10 Å². The van der Waals surface area contributed by atoms with Gasteiger partial charge in [0.15, 0.2) is 0 Å². The first kappa shape index (κ1) is 13.3. The lowest BCUT2D eigenvalue weighted by atomic mass is 10.0. The molecule has 0 saturated carbocycles. The van der Waals surface area contributed by atoms with E-state index in [4.69, 9.17) is 0 Å². The molecule has 5 nitrogen and oxygen atoms in total. The summed E-state index contributed by atoms with van der Waals surface area (Å²) in [5.74, 6) is -0.986. The van der Waals surface area contributed by atoms with Crippen LogP contribution < -0.4 is 0 Å². The highest BCUT2D eigenvalue weighted by Gasteiger charge is 2.19. The SMILES string of the molecule is CCC(c1ccccc1)n1nnc2c(C(=O)O)cccc21. The number of nitrogens with zero attached hydrogens (tertiary/aromatic N) is 3. The highest BCUT2D eigenvalue weighted by molar-refractivity contribution is 6.00. The van der Waals surface area contributed by atoms with Gasteiger partial charge >= 0.3 is 5.97 Å². The van der Waals surface area contributed by atoms with Gasteiger partial charge in [-0.3, -0.25) is 0 Å². The molecule has 0 aliphatic rings. The molecule has 0 amide bonds. The Bertz CT molecular complexity index is 781. The van der Waals surface area contributed by atoms with Gasteiger partial charge in [-0.2, -0.15) is 0 Å². The number of rotatable bonds is 4. The predicted molar refractivity (Wildman–Crippen MR) is 79.4 cm³/mol. The summed E-state index contributed by atoms with van der Waals surface area (Å²) in [5, 5.41) is 17.5. The van der Waals surface area contributed by atoms with Crippen LogP contribution in [0.15, 0.2) is 48.5 Å². The Kier molecular flexibility index (Phi) is 3.39. The molecule has 1 N–H and O–H groups in total. The molecule has 1 heterocycles. The molecule has 3 rings (SSSR count). The van der Waals surface area contributed by atoms with Gasteiger partial charge in [0.2, 0.25) is 0 Å². The highest BCUT2D eigenvalue weighted by atomic mass is 16.4. The number of aromatic nitrogens is 3. The van der Waals surface area contributed by atoms with E-state index in [2.05, 4.69) is 17.2 Å². The Labute approximate surface area is 121 Å². The molecule has 5 heteroatoms. The minimum absolute atomic E-state index is 0.0419. The predicted octanol–water partition coefficient (Wildman–Crippen LogP) is 3.13. The molecule has 0 aliphatic heterocycles. The Morgan fingerprint density at radius 2 is 1.95 bits per heavy atom. The van der Waals surface area contributed by atoms with Crippen molar-refractivity contribution in [3.05, 3.63) is 59.7 Å². The van der Waals surface area contributed by atoms with E-state index in [1.54, 1.807) is 16.8 Å². The van der Waals surface area contributed by atoms with Crippen molar-refractivity contribution >= 4 is 17.0 Å². The van der Waals surface area contributed by atoms with E-state index >= 15 is 0 Å². The first-order valence-electron chi connectivity index (χ1n) is 6.84. The number of hydrogen-bond donors (Lipinski definition) is 1. The Balaban J connectivity index is 2.16. The maximum atomic E-state index is 11.3. The van der Waals surface area contributed by atoms with Crippen LogP contribution in [0.5, 0.6) is 0 Å². The number of carboxylic acid groups (broad SMARTS) is 1. The van der Waals surface area contributed by atoms with Crippen LogP contribution in [0.3, 0.4) is 0 Å². The summed E-state index contributed by atoms with van der Waals surface area (Å²) in [6.45, 7) is 2.08. The van der Waals surface area contributed by atoms with Crippen LogP contribution >= 0.6 is 0 Å². The fourth-order valence-corrected chi connectivity index (χ4v) is 2.59. The third kappa shape index (κ3) is 2.27. The number of carbonyl (C=O) groups is 1. The van der Waals surface area contributed by atoms with Gasteiger partial charge in [0.05, 0.1) is 17.1 Å². The van der Waals surface area contributed by atoms with Crippen LogP contribution in [0, 0.1) is 0 Å². The normalized spacial score (nSPS) is 12.4. The van der Waals surface area contributed by atoms with Gasteiger partial charge in [0.1, 0.15) is 5.52 Å². The van der Waals surface area contributed by atoms with E-state index in [1.165, 1.54) is 0 Å². The van der Waals surface area contributed by atoms with Gasteiger partial charge < -0.3 is 5.11 Å². The summed E-state index contributed by atoms with van der Waals surface area (Å²) < 4.78 is 1.80. The molecule has 2 aromatic carbocycles. The summed E-state index contributed by atoms with van der Waals surface area (Å²) in [5.41, 5.74) is 2.49. The fraction of sp³-hybridized carbons (Fsp3) is 0.188. The van der Waals surface area contributed by atoms with Crippen LogP contribution in [0.25, 0.3) is 11.0 Å². The van der Waals surface area contributed by atoms with Gasteiger partial charge in [-0.05, 0) is 24.1 Å². The molecule has 0 aliphatic carbocycles. The van der Waals surface area contributed by atoms with E-state index in [1.807, 2.05) is 36.4 Å². The van der Waals surface area contributed by atoms with E-state index in [0.29, 0.717) is 5.52 Å². The molecule has 21 heavy (non-hydrogen) atoms. The van der Waals surface area contributed by atoms with Gasteiger partial charge in [0.25, 0.3) is 0 Å². The van der Waals surface area contributed by atoms with Gasteiger partial charge in [0, 0.05) is 0 Å². The number of benzene rings is 2. The molecule has 0 spiro atoms. The summed E-state index contributed by atoms with van der Waals surface area (Å²) in [6, 6.07) is 15.2. The van der Waals surface area contributed by atoms with E-state index < -0.39 is 5.97 Å². The van der Waals surface area contributed by atoms with Crippen LogP contribution in [0.2, 0.25) is 0 Å². The molecule has 0 saturated heterocycles. The van der Waals surface area contributed by atoms with Crippen LogP contribution in [-0.4, -0.2) is 26.1 Å². The third-order valence-corrected chi connectivity index (χ3v) is 3.60. The van der Waals surface area contributed by atoms with E-state index in [-0.39, 0.29) is 11.6 Å². The second-order valence-corrected chi connectivity index (χ2v) is 4.85. The van der Waals surface area contributed by atoms with Crippen molar-refractivity contribution < 1.29 is 9.90 Å². The largest absolute Gasteiger partial charge is 0.478 e. The van der Waals surface area contributed by atoms with Crippen molar-refractivity contribution in [3.63, 3.8) is 0 Å². The molecular formula is C16H15N3O2. The summed E-state index contributed by atoms with van der Waals surface area (Å²) in [6.07, 6.45) is 0.847. The van der Waals surface area contributed by atoms with Crippen molar-refractivity contribution in [2.75, 3.05) is 0 Å². The molecule has 1 atom stereocenters. The summed E-state index contributed by atoms with van der Waals surface area (Å²) in [4.78, 5) is 11.3. The smallest absolute Gasteiger partial charge is 0.338 e.